The minimum atomic E-state index is 0.349. The summed E-state index contributed by atoms with van der Waals surface area (Å²) in [7, 11) is 0. The van der Waals surface area contributed by atoms with Crippen molar-refractivity contribution in [2.45, 2.75) is 18.9 Å². The largest absolute Gasteiger partial charge is 0.379 e. The maximum Gasteiger partial charge on any atom is 0.104 e. The molecule has 1 unspecified atom stereocenters. The molecule has 1 aliphatic rings. The molecule has 0 spiro atoms. The molecule has 0 N–H and O–H groups in total. The molecule has 0 bridgehead atoms. The Morgan fingerprint density at radius 2 is 2.50 bits per heavy atom. The van der Waals surface area contributed by atoms with Crippen molar-refractivity contribution < 1.29 is 9.47 Å². The second-order valence-corrected chi connectivity index (χ2v) is 2.29. The molecule has 0 aromatic carbocycles. The summed E-state index contributed by atoms with van der Waals surface area (Å²) in [5.41, 5.74) is 0. The van der Waals surface area contributed by atoms with E-state index in [1.54, 1.807) is 0 Å². The molecule has 10 heavy (non-hydrogen) atoms. The Balaban J connectivity index is 1.73. The highest BCUT2D eigenvalue weighted by atomic mass is 16.6. The maximum absolute atomic E-state index is 8.16. The number of nitriles is 1. The van der Waals surface area contributed by atoms with Crippen molar-refractivity contribution >= 4 is 0 Å². The molecule has 0 saturated carbocycles. The van der Waals surface area contributed by atoms with Crippen molar-refractivity contribution in [1.29, 1.82) is 5.26 Å². The molecule has 56 valence electrons. The molecule has 3 heteroatoms. The molecule has 0 radical (unpaired) electrons. The second kappa shape index (κ2) is 4.26. The van der Waals surface area contributed by atoms with Gasteiger partial charge in [0.15, 0.2) is 0 Å². The monoisotopic (exact) mass is 141 g/mol. The number of ether oxygens (including phenoxy) is 2. The van der Waals surface area contributed by atoms with Gasteiger partial charge in [0.2, 0.25) is 0 Å². The smallest absolute Gasteiger partial charge is 0.104 e. The lowest BCUT2D eigenvalue weighted by atomic mass is 10.3. The highest BCUT2D eigenvalue weighted by molar-refractivity contribution is 4.69. The number of nitrogens with zero attached hydrogens (tertiary/aromatic N) is 1. The van der Waals surface area contributed by atoms with E-state index in [2.05, 4.69) is 6.07 Å². The summed E-state index contributed by atoms with van der Waals surface area (Å²) in [6, 6.07) is 2.06. The summed E-state index contributed by atoms with van der Waals surface area (Å²) in [6.07, 6.45) is 1.77. The van der Waals surface area contributed by atoms with Crippen LogP contribution in [0.1, 0.15) is 12.8 Å². The molecular weight excluding hydrogens is 130 g/mol. The van der Waals surface area contributed by atoms with E-state index in [0.29, 0.717) is 25.7 Å². The topological polar surface area (TPSA) is 45.5 Å². The molecule has 0 aromatic heterocycles. The summed E-state index contributed by atoms with van der Waals surface area (Å²) in [5, 5.41) is 8.16. The highest BCUT2D eigenvalue weighted by Gasteiger charge is 2.21. The standard InChI is InChI=1S/C7H11NO2/c8-3-1-2-4-9-5-7-6-10-7/h7H,1-2,4-6H2. The first-order chi connectivity index (χ1) is 4.93. The summed E-state index contributed by atoms with van der Waals surface area (Å²) < 4.78 is 10.1. The first-order valence-electron chi connectivity index (χ1n) is 3.50. The van der Waals surface area contributed by atoms with Gasteiger partial charge < -0.3 is 9.47 Å². The molecule has 0 aromatic rings. The van der Waals surface area contributed by atoms with E-state index in [9.17, 15) is 0 Å². The molecule has 1 atom stereocenters. The van der Waals surface area contributed by atoms with E-state index in [0.717, 1.165) is 13.0 Å². The number of unbranched alkanes of at least 4 members (excludes halogenated alkanes) is 1. The average molecular weight is 141 g/mol. The third kappa shape index (κ3) is 3.44. The van der Waals surface area contributed by atoms with Gasteiger partial charge in [-0.1, -0.05) is 0 Å². The van der Waals surface area contributed by atoms with Gasteiger partial charge in [0.25, 0.3) is 0 Å². The van der Waals surface area contributed by atoms with Crippen LogP contribution in [0.25, 0.3) is 0 Å². The predicted octanol–water partition coefficient (Wildman–Crippen LogP) is 0.706. The third-order valence-corrected chi connectivity index (χ3v) is 1.28. The van der Waals surface area contributed by atoms with Gasteiger partial charge in [-0.2, -0.15) is 5.26 Å². The van der Waals surface area contributed by atoms with Crippen LogP contribution in [0.2, 0.25) is 0 Å². The molecule has 0 aliphatic carbocycles. The first-order valence-corrected chi connectivity index (χ1v) is 3.50. The van der Waals surface area contributed by atoms with Gasteiger partial charge in [0.1, 0.15) is 6.10 Å². The van der Waals surface area contributed by atoms with Gasteiger partial charge in [-0.05, 0) is 6.42 Å². The van der Waals surface area contributed by atoms with Crippen LogP contribution in [0.5, 0.6) is 0 Å². The molecule has 0 amide bonds. The fraction of sp³-hybridized carbons (Fsp3) is 0.857. The van der Waals surface area contributed by atoms with Gasteiger partial charge in [-0.3, -0.25) is 0 Å². The van der Waals surface area contributed by atoms with Crippen LogP contribution >= 0.6 is 0 Å². The predicted molar refractivity (Wildman–Crippen MR) is 35.4 cm³/mol. The lowest BCUT2D eigenvalue weighted by Gasteiger charge is -1.97. The maximum atomic E-state index is 8.16. The average Bonchev–Trinajstić information content (AvgIpc) is 2.71. The Hall–Kier alpha value is -0.590. The Labute approximate surface area is 60.5 Å². The molecular formula is C7H11NO2. The second-order valence-electron chi connectivity index (χ2n) is 2.29. The normalized spacial score (nSPS) is 22.1. The lowest BCUT2D eigenvalue weighted by Crippen LogP contribution is -2.02. The van der Waals surface area contributed by atoms with Gasteiger partial charge in [-0.15, -0.1) is 0 Å². The minimum absolute atomic E-state index is 0.349. The Morgan fingerprint density at radius 1 is 1.70 bits per heavy atom. The van der Waals surface area contributed by atoms with E-state index in [-0.39, 0.29) is 0 Å². The van der Waals surface area contributed by atoms with Crippen LogP contribution in [-0.2, 0) is 9.47 Å². The molecule has 1 fully saturated rings. The van der Waals surface area contributed by atoms with E-state index in [4.69, 9.17) is 14.7 Å². The van der Waals surface area contributed by atoms with Gasteiger partial charge in [0.05, 0.1) is 19.3 Å². The van der Waals surface area contributed by atoms with Crippen LogP contribution in [0.4, 0.5) is 0 Å². The summed E-state index contributed by atoms with van der Waals surface area (Å²) >= 11 is 0. The number of hydrogen-bond donors (Lipinski definition) is 0. The van der Waals surface area contributed by atoms with Crippen molar-refractivity contribution in [1.82, 2.24) is 0 Å². The molecule has 1 rings (SSSR count). The zero-order valence-electron chi connectivity index (χ0n) is 5.88. The Morgan fingerprint density at radius 3 is 3.10 bits per heavy atom. The Kier molecular flexibility index (Phi) is 3.20. The number of rotatable bonds is 5. The molecule has 3 nitrogen and oxygen atoms in total. The van der Waals surface area contributed by atoms with E-state index < -0.39 is 0 Å². The molecule has 1 heterocycles. The molecule has 1 saturated heterocycles. The zero-order chi connectivity index (χ0) is 7.23. The third-order valence-electron chi connectivity index (χ3n) is 1.28. The van der Waals surface area contributed by atoms with Crippen molar-refractivity contribution in [2.75, 3.05) is 19.8 Å². The fourth-order valence-electron chi connectivity index (χ4n) is 0.632. The van der Waals surface area contributed by atoms with E-state index >= 15 is 0 Å². The van der Waals surface area contributed by atoms with Gasteiger partial charge in [0, 0.05) is 13.0 Å². The van der Waals surface area contributed by atoms with Crippen LogP contribution in [0.3, 0.4) is 0 Å². The van der Waals surface area contributed by atoms with Crippen LogP contribution in [-0.4, -0.2) is 25.9 Å². The number of epoxide rings is 1. The fourth-order valence-corrected chi connectivity index (χ4v) is 0.632. The van der Waals surface area contributed by atoms with Gasteiger partial charge in [-0.25, -0.2) is 0 Å². The Bertz CT molecular complexity index is 126. The van der Waals surface area contributed by atoms with Crippen molar-refractivity contribution in [3.05, 3.63) is 0 Å². The summed E-state index contributed by atoms with van der Waals surface area (Å²) in [4.78, 5) is 0. The van der Waals surface area contributed by atoms with E-state index in [1.807, 2.05) is 0 Å². The van der Waals surface area contributed by atoms with Crippen molar-refractivity contribution in [3.8, 4) is 6.07 Å². The minimum Gasteiger partial charge on any atom is -0.379 e. The van der Waals surface area contributed by atoms with Crippen LogP contribution in [0.15, 0.2) is 0 Å². The first kappa shape index (κ1) is 7.52. The van der Waals surface area contributed by atoms with Crippen molar-refractivity contribution in [2.24, 2.45) is 0 Å². The van der Waals surface area contributed by atoms with Crippen LogP contribution in [0, 0.1) is 11.3 Å². The zero-order valence-corrected chi connectivity index (χ0v) is 5.88. The quantitative estimate of drug-likeness (QED) is 0.418. The van der Waals surface area contributed by atoms with E-state index in [1.165, 1.54) is 0 Å². The highest BCUT2D eigenvalue weighted by Crippen LogP contribution is 2.08. The molecule has 1 aliphatic heterocycles. The lowest BCUT2D eigenvalue weighted by molar-refractivity contribution is 0.115. The van der Waals surface area contributed by atoms with Crippen molar-refractivity contribution in [3.63, 3.8) is 0 Å². The number of hydrogen-bond acceptors (Lipinski definition) is 3. The SMILES string of the molecule is N#CCCCOCC1CO1. The van der Waals surface area contributed by atoms with Gasteiger partial charge >= 0.3 is 0 Å². The summed E-state index contributed by atoms with van der Waals surface area (Å²) in [6.45, 7) is 2.23. The summed E-state index contributed by atoms with van der Waals surface area (Å²) in [5.74, 6) is 0. The van der Waals surface area contributed by atoms with Crippen LogP contribution < -0.4 is 0 Å².